The molecule has 2 aliphatic rings. The first-order valence-corrected chi connectivity index (χ1v) is 14.9. The zero-order valence-corrected chi connectivity index (χ0v) is 24.4. The molecule has 5 rings (SSSR count). The van der Waals surface area contributed by atoms with Crippen LogP contribution in [0.2, 0.25) is 0 Å². The van der Waals surface area contributed by atoms with Crippen molar-refractivity contribution in [1.29, 1.82) is 5.26 Å². The molecule has 42 heavy (non-hydrogen) atoms. The summed E-state index contributed by atoms with van der Waals surface area (Å²) in [4.78, 5) is 6.99. The third-order valence-corrected chi connectivity index (χ3v) is 8.54. The van der Waals surface area contributed by atoms with Crippen LogP contribution in [0.3, 0.4) is 0 Å². The molecule has 222 valence electrons. The summed E-state index contributed by atoms with van der Waals surface area (Å²) in [7, 11) is 0. The average Bonchev–Trinajstić information content (AvgIpc) is 3.33. The van der Waals surface area contributed by atoms with E-state index < -0.39 is 18.1 Å². The van der Waals surface area contributed by atoms with E-state index in [1.54, 1.807) is 38.2 Å². The van der Waals surface area contributed by atoms with Gasteiger partial charge in [-0.25, -0.2) is 0 Å². The van der Waals surface area contributed by atoms with Crippen LogP contribution in [0, 0.1) is 23.2 Å². The fourth-order valence-corrected chi connectivity index (χ4v) is 6.15. The Hall–Kier alpha value is -3.69. The molecule has 0 atom stereocenters. The molecule has 9 heteroatoms. The second kappa shape index (κ2) is 12.7. The number of alkyl halides is 3. The van der Waals surface area contributed by atoms with E-state index in [1.807, 2.05) is 18.2 Å². The van der Waals surface area contributed by atoms with Crippen LogP contribution in [0.15, 0.2) is 42.6 Å². The summed E-state index contributed by atoms with van der Waals surface area (Å²) >= 11 is 0. The fourth-order valence-electron chi connectivity index (χ4n) is 6.15. The Labute approximate surface area is 246 Å². The summed E-state index contributed by atoms with van der Waals surface area (Å²) in [6, 6.07) is 14.1. The van der Waals surface area contributed by atoms with Gasteiger partial charge in [0.05, 0.1) is 46.8 Å². The highest BCUT2D eigenvalue weighted by Crippen LogP contribution is 2.32. The third-order valence-electron chi connectivity index (χ3n) is 8.54. The Morgan fingerprint density at radius 2 is 1.79 bits per heavy atom. The van der Waals surface area contributed by atoms with Crippen molar-refractivity contribution in [2.45, 2.75) is 89.0 Å². The maximum Gasteiger partial charge on any atom is 0.406 e. The molecule has 3 heterocycles. The molecule has 1 saturated carbocycles. The number of likely N-dealkylation sites (tertiary alicyclic amines) is 1. The third kappa shape index (κ3) is 7.20. The number of nitriles is 1. The monoisotopic (exact) mass is 576 g/mol. The molecule has 0 radical (unpaired) electrons. The molecule has 6 nitrogen and oxygen atoms in total. The van der Waals surface area contributed by atoms with Crippen molar-refractivity contribution >= 4 is 22.3 Å². The summed E-state index contributed by atoms with van der Waals surface area (Å²) < 4.78 is 42.1. The van der Waals surface area contributed by atoms with Gasteiger partial charge in [0.1, 0.15) is 6.54 Å². The van der Waals surface area contributed by atoms with Gasteiger partial charge in [0.25, 0.3) is 0 Å². The highest BCUT2D eigenvalue weighted by molar-refractivity contribution is 5.94. The van der Waals surface area contributed by atoms with Crippen LogP contribution in [-0.4, -0.2) is 52.3 Å². The second-order valence-electron chi connectivity index (χ2n) is 12.0. The molecule has 2 fully saturated rings. The van der Waals surface area contributed by atoms with Crippen LogP contribution in [0.25, 0.3) is 10.9 Å². The molecular weight excluding hydrogens is 537 g/mol. The molecule has 0 amide bonds. The topological polar surface area (TPSA) is 68.9 Å². The molecule has 0 bridgehead atoms. The van der Waals surface area contributed by atoms with E-state index in [0.717, 1.165) is 42.7 Å². The molecule has 2 aromatic heterocycles. The van der Waals surface area contributed by atoms with Gasteiger partial charge < -0.3 is 20.1 Å². The quantitative estimate of drug-likeness (QED) is 0.295. The van der Waals surface area contributed by atoms with Gasteiger partial charge in [-0.2, -0.15) is 18.4 Å². The number of anilines is 2. The summed E-state index contributed by atoms with van der Waals surface area (Å²) in [6.45, 7) is 4.86. The van der Waals surface area contributed by atoms with Crippen molar-refractivity contribution in [2.75, 3.05) is 30.3 Å². The van der Waals surface area contributed by atoms with Crippen LogP contribution in [0.5, 0.6) is 0 Å². The molecule has 1 aromatic carbocycles. The number of nitrogens with one attached hydrogen (secondary N) is 2. The lowest BCUT2D eigenvalue weighted by Gasteiger charge is -2.39. The lowest BCUT2D eigenvalue weighted by Crippen LogP contribution is -2.45. The lowest BCUT2D eigenvalue weighted by atomic mass is 9.91. The Kier molecular flexibility index (Phi) is 8.99. The lowest BCUT2D eigenvalue weighted by molar-refractivity contribution is -0.140. The Morgan fingerprint density at radius 3 is 2.45 bits per heavy atom. The Morgan fingerprint density at radius 1 is 1.02 bits per heavy atom. The van der Waals surface area contributed by atoms with Gasteiger partial charge in [0.2, 0.25) is 0 Å². The number of fused-ring (bicyclic) bond motifs is 1. The van der Waals surface area contributed by atoms with E-state index in [9.17, 15) is 18.4 Å². The van der Waals surface area contributed by atoms with Crippen molar-refractivity contribution in [1.82, 2.24) is 14.5 Å². The first-order valence-electron chi connectivity index (χ1n) is 14.9. The molecule has 0 spiro atoms. The van der Waals surface area contributed by atoms with Gasteiger partial charge in [-0.1, -0.05) is 31.2 Å². The first-order chi connectivity index (χ1) is 20.1. The van der Waals surface area contributed by atoms with E-state index in [0.29, 0.717) is 29.0 Å². The SMILES string of the molecule is CC(C)(C#N)c1ccc(NCC#Cc2cc3c(NC4CCN(C5CCCCC5)CC4)cccc3n2CC(F)(F)F)cn1. The van der Waals surface area contributed by atoms with E-state index in [1.165, 1.54) is 36.7 Å². The zero-order valence-electron chi connectivity index (χ0n) is 24.4. The van der Waals surface area contributed by atoms with E-state index in [2.05, 4.69) is 38.4 Å². The summed E-state index contributed by atoms with van der Waals surface area (Å²) in [5.41, 5.74) is 2.40. The van der Waals surface area contributed by atoms with Gasteiger partial charge in [-0.05, 0) is 75.8 Å². The van der Waals surface area contributed by atoms with Crippen molar-refractivity contribution in [3.63, 3.8) is 0 Å². The molecule has 2 N–H and O–H groups in total. The van der Waals surface area contributed by atoms with Crippen molar-refractivity contribution in [2.24, 2.45) is 0 Å². The Bertz CT molecular complexity index is 1460. The maximum atomic E-state index is 13.6. The van der Waals surface area contributed by atoms with Crippen molar-refractivity contribution < 1.29 is 13.2 Å². The highest BCUT2D eigenvalue weighted by atomic mass is 19.4. The van der Waals surface area contributed by atoms with Crippen LogP contribution in [0.1, 0.15) is 70.2 Å². The molecule has 1 aliphatic heterocycles. The van der Waals surface area contributed by atoms with Gasteiger partial charge in [-0.3, -0.25) is 4.98 Å². The smallest absolute Gasteiger partial charge is 0.382 e. The molecule has 1 saturated heterocycles. The standard InChI is InChI=1S/C33H39F3N6/c1-32(2,22-37)31-14-13-25(21-39-31)38-17-7-10-27-20-28-29(11-6-12-30(28)42(27)23-33(34,35)36)40-24-15-18-41(19-16-24)26-8-4-3-5-9-26/h6,11-14,20-21,24,26,38,40H,3-5,8-9,15-19,23H2,1-2H3. The summed E-state index contributed by atoms with van der Waals surface area (Å²) in [5.74, 6) is 5.94. The molecule has 0 unspecified atom stereocenters. The predicted molar refractivity (Wildman–Crippen MR) is 161 cm³/mol. The first kappa shape index (κ1) is 29.8. The predicted octanol–water partition coefficient (Wildman–Crippen LogP) is 7.07. The largest absolute Gasteiger partial charge is 0.406 e. The van der Waals surface area contributed by atoms with Crippen LogP contribution in [0.4, 0.5) is 24.5 Å². The van der Waals surface area contributed by atoms with Crippen LogP contribution >= 0.6 is 0 Å². The number of rotatable bonds is 7. The molecular formula is C33H39F3N6. The summed E-state index contributed by atoms with van der Waals surface area (Å²) in [5, 5.41) is 16.8. The van der Waals surface area contributed by atoms with Gasteiger partial charge in [-0.15, -0.1) is 0 Å². The highest BCUT2D eigenvalue weighted by Gasteiger charge is 2.30. The number of halogens is 3. The minimum atomic E-state index is -4.37. The van der Waals surface area contributed by atoms with Crippen LogP contribution in [-0.2, 0) is 12.0 Å². The van der Waals surface area contributed by atoms with E-state index in [-0.39, 0.29) is 6.54 Å². The van der Waals surface area contributed by atoms with E-state index in [4.69, 9.17) is 0 Å². The number of hydrogen-bond donors (Lipinski definition) is 2. The normalized spacial score (nSPS) is 17.4. The second-order valence-corrected chi connectivity index (χ2v) is 12.0. The number of pyridine rings is 1. The van der Waals surface area contributed by atoms with E-state index >= 15 is 0 Å². The fraction of sp³-hybridized carbons (Fsp3) is 0.515. The number of nitrogens with zero attached hydrogens (tertiary/aromatic N) is 4. The minimum absolute atomic E-state index is 0.237. The average molecular weight is 577 g/mol. The number of hydrogen-bond acceptors (Lipinski definition) is 5. The Balaban J connectivity index is 1.29. The number of piperidine rings is 1. The number of aromatic nitrogens is 2. The minimum Gasteiger partial charge on any atom is -0.382 e. The maximum absolute atomic E-state index is 13.6. The van der Waals surface area contributed by atoms with Gasteiger partial charge >= 0.3 is 6.18 Å². The van der Waals surface area contributed by atoms with Crippen molar-refractivity contribution in [3.8, 4) is 17.9 Å². The van der Waals surface area contributed by atoms with Crippen molar-refractivity contribution in [3.05, 3.63) is 54.0 Å². The summed E-state index contributed by atoms with van der Waals surface area (Å²) in [6.07, 6.45) is 5.91. The molecule has 3 aromatic rings. The van der Waals surface area contributed by atoms with Gasteiger partial charge in [0, 0.05) is 36.2 Å². The number of benzene rings is 1. The zero-order chi connectivity index (χ0) is 29.7. The van der Waals surface area contributed by atoms with Crippen LogP contribution < -0.4 is 10.6 Å². The molecule has 1 aliphatic carbocycles. The van der Waals surface area contributed by atoms with Gasteiger partial charge in [0.15, 0.2) is 0 Å².